The van der Waals surface area contributed by atoms with Crippen molar-refractivity contribution in [1.29, 1.82) is 0 Å². The third-order valence-electron chi connectivity index (χ3n) is 3.46. The molecule has 1 unspecified atom stereocenters. The number of carbonyl (C=O) groups excluding carboxylic acids is 1. The highest BCUT2D eigenvalue weighted by atomic mass is 35.5. The molecule has 0 aromatic heterocycles. The number of nitrogens with one attached hydrogen (secondary N) is 2. The van der Waals surface area contributed by atoms with Gasteiger partial charge in [0.1, 0.15) is 18.4 Å². The van der Waals surface area contributed by atoms with Gasteiger partial charge in [0.15, 0.2) is 0 Å². The summed E-state index contributed by atoms with van der Waals surface area (Å²) in [5, 5.41) is 6.08. The van der Waals surface area contributed by atoms with Crippen molar-refractivity contribution in [3.05, 3.63) is 29.8 Å². The summed E-state index contributed by atoms with van der Waals surface area (Å²) in [7, 11) is 4.02. The van der Waals surface area contributed by atoms with Crippen molar-refractivity contribution in [2.24, 2.45) is 0 Å². The van der Waals surface area contributed by atoms with E-state index >= 15 is 0 Å². The summed E-state index contributed by atoms with van der Waals surface area (Å²) in [6, 6.07) is 7.51. The summed E-state index contributed by atoms with van der Waals surface area (Å²) in [5.74, 6) is 0.778. The van der Waals surface area contributed by atoms with E-state index in [-0.39, 0.29) is 36.8 Å². The van der Waals surface area contributed by atoms with Gasteiger partial charge >= 0.3 is 0 Å². The first-order valence-corrected chi connectivity index (χ1v) is 7.61. The van der Waals surface area contributed by atoms with E-state index in [0.717, 1.165) is 17.9 Å². The van der Waals surface area contributed by atoms with Crippen molar-refractivity contribution in [1.82, 2.24) is 15.5 Å². The average molecular weight is 380 g/mol. The molecular weight excluding hydrogens is 353 g/mol. The van der Waals surface area contributed by atoms with Crippen LogP contribution >= 0.6 is 24.8 Å². The van der Waals surface area contributed by atoms with Crippen molar-refractivity contribution in [2.75, 3.05) is 47.0 Å². The van der Waals surface area contributed by atoms with E-state index in [1.165, 1.54) is 0 Å². The summed E-state index contributed by atoms with van der Waals surface area (Å²) in [4.78, 5) is 14.2. The lowest BCUT2D eigenvalue weighted by atomic mass is 10.2. The molecule has 138 valence electrons. The summed E-state index contributed by atoms with van der Waals surface area (Å²) in [5.41, 5.74) is 0.978. The highest BCUT2D eigenvalue weighted by Crippen LogP contribution is 2.17. The first-order chi connectivity index (χ1) is 10.7. The largest absolute Gasteiger partial charge is 0.492 e. The highest BCUT2D eigenvalue weighted by Gasteiger charge is 2.20. The van der Waals surface area contributed by atoms with Crippen LogP contribution in [0.15, 0.2) is 24.3 Å². The predicted molar refractivity (Wildman–Crippen MR) is 99.4 cm³/mol. The third-order valence-corrected chi connectivity index (χ3v) is 3.46. The number of rotatable bonds is 7. The van der Waals surface area contributed by atoms with Gasteiger partial charge in [-0.05, 0) is 20.2 Å². The van der Waals surface area contributed by atoms with Crippen LogP contribution in [-0.2, 0) is 16.1 Å². The molecular formula is C16H27Cl2N3O3. The Hall–Kier alpha value is -1.05. The molecule has 1 saturated heterocycles. The Morgan fingerprint density at radius 1 is 1.38 bits per heavy atom. The molecule has 1 fully saturated rings. The fraction of sp³-hybridized carbons (Fsp3) is 0.562. The number of nitrogens with zero attached hydrogens (tertiary/aromatic N) is 1. The van der Waals surface area contributed by atoms with Gasteiger partial charge in [0.05, 0.1) is 13.2 Å². The Bertz CT molecular complexity index is 483. The summed E-state index contributed by atoms with van der Waals surface area (Å²) in [6.45, 7) is 3.72. The van der Waals surface area contributed by atoms with Gasteiger partial charge in [-0.15, -0.1) is 24.8 Å². The molecule has 0 aliphatic carbocycles. The van der Waals surface area contributed by atoms with Crippen LogP contribution in [0.5, 0.6) is 5.75 Å². The van der Waals surface area contributed by atoms with Gasteiger partial charge in [0, 0.05) is 25.2 Å². The maximum atomic E-state index is 12.1. The molecule has 1 aliphatic rings. The molecule has 24 heavy (non-hydrogen) atoms. The van der Waals surface area contributed by atoms with E-state index < -0.39 is 0 Å². The Morgan fingerprint density at radius 2 is 2.12 bits per heavy atom. The molecule has 1 aromatic rings. The number of benzene rings is 1. The zero-order valence-corrected chi connectivity index (χ0v) is 15.8. The van der Waals surface area contributed by atoms with Gasteiger partial charge in [0.25, 0.3) is 0 Å². The van der Waals surface area contributed by atoms with Crippen molar-refractivity contribution in [2.45, 2.75) is 12.6 Å². The van der Waals surface area contributed by atoms with Crippen molar-refractivity contribution < 1.29 is 14.3 Å². The molecule has 1 aromatic carbocycles. The molecule has 1 atom stereocenters. The van der Waals surface area contributed by atoms with E-state index in [0.29, 0.717) is 32.9 Å². The minimum Gasteiger partial charge on any atom is -0.492 e. The second-order valence-electron chi connectivity index (χ2n) is 5.56. The lowest BCUT2D eigenvalue weighted by molar-refractivity contribution is -0.126. The van der Waals surface area contributed by atoms with E-state index in [4.69, 9.17) is 9.47 Å². The van der Waals surface area contributed by atoms with Crippen LogP contribution in [0.4, 0.5) is 0 Å². The number of hydrogen-bond donors (Lipinski definition) is 2. The summed E-state index contributed by atoms with van der Waals surface area (Å²) < 4.78 is 11.1. The Kier molecular flexibility index (Phi) is 11.8. The molecule has 2 N–H and O–H groups in total. The highest BCUT2D eigenvalue weighted by molar-refractivity contribution is 5.85. The van der Waals surface area contributed by atoms with Gasteiger partial charge in [-0.1, -0.05) is 18.2 Å². The predicted octanol–water partition coefficient (Wildman–Crippen LogP) is 1.08. The van der Waals surface area contributed by atoms with Crippen LogP contribution in [-0.4, -0.2) is 63.9 Å². The zero-order chi connectivity index (χ0) is 15.8. The van der Waals surface area contributed by atoms with Crippen LogP contribution in [0.1, 0.15) is 5.56 Å². The lowest BCUT2D eigenvalue weighted by Crippen LogP contribution is -2.51. The monoisotopic (exact) mass is 379 g/mol. The number of likely N-dealkylation sites (N-methyl/N-ethyl adjacent to an activating group) is 1. The fourth-order valence-electron chi connectivity index (χ4n) is 2.17. The first kappa shape index (κ1) is 22.9. The Morgan fingerprint density at radius 3 is 2.79 bits per heavy atom. The van der Waals surface area contributed by atoms with E-state index in [1.807, 2.05) is 38.4 Å². The molecule has 0 bridgehead atoms. The van der Waals surface area contributed by atoms with Gasteiger partial charge in [-0.3, -0.25) is 4.79 Å². The SMILES string of the molecule is CN(C)CCOc1ccccc1CNC(=O)C1COCCN1.Cl.Cl. The molecule has 0 spiro atoms. The maximum Gasteiger partial charge on any atom is 0.239 e. The summed E-state index contributed by atoms with van der Waals surface area (Å²) in [6.07, 6.45) is 0. The van der Waals surface area contributed by atoms with Gasteiger partial charge in [-0.2, -0.15) is 0 Å². The number of carbonyl (C=O) groups is 1. The third kappa shape index (κ3) is 7.68. The maximum absolute atomic E-state index is 12.1. The number of para-hydroxylation sites is 1. The number of hydrogen-bond acceptors (Lipinski definition) is 5. The smallest absolute Gasteiger partial charge is 0.239 e. The minimum atomic E-state index is -0.268. The van der Waals surface area contributed by atoms with Crippen LogP contribution in [0.2, 0.25) is 0 Å². The van der Waals surface area contributed by atoms with Gasteiger partial charge < -0.3 is 25.0 Å². The van der Waals surface area contributed by atoms with E-state index in [9.17, 15) is 4.79 Å². The number of amides is 1. The Balaban J connectivity index is 0.00000264. The molecule has 1 amide bonds. The van der Waals surface area contributed by atoms with Crippen LogP contribution in [0, 0.1) is 0 Å². The van der Waals surface area contributed by atoms with Crippen LogP contribution in [0.3, 0.4) is 0 Å². The summed E-state index contributed by atoms with van der Waals surface area (Å²) >= 11 is 0. The van der Waals surface area contributed by atoms with Crippen molar-refractivity contribution in [3.63, 3.8) is 0 Å². The number of morpholine rings is 1. The number of ether oxygens (including phenoxy) is 2. The quantitative estimate of drug-likeness (QED) is 0.741. The Labute approximate surface area is 156 Å². The van der Waals surface area contributed by atoms with E-state index in [2.05, 4.69) is 15.5 Å². The van der Waals surface area contributed by atoms with Crippen molar-refractivity contribution >= 4 is 30.7 Å². The van der Waals surface area contributed by atoms with Gasteiger partial charge in [-0.25, -0.2) is 0 Å². The minimum absolute atomic E-state index is 0. The molecule has 1 heterocycles. The van der Waals surface area contributed by atoms with Gasteiger partial charge in [0.2, 0.25) is 5.91 Å². The first-order valence-electron chi connectivity index (χ1n) is 7.61. The van der Waals surface area contributed by atoms with E-state index in [1.54, 1.807) is 0 Å². The lowest BCUT2D eigenvalue weighted by Gasteiger charge is -2.23. The fourth-order valence-corrected chi connectivity index (χ4v) is 2.17. The zero-order valence-electron chi connectivity index (χ0n) is 14.1. The number of halogens is 2. The van der Waals surface area contributed by atoms with Crippen LogP contribution < -0.4 is 15.4 Å². The molecule has 0 saturated carbocycles. The molecule has 1 aliphatic heterocycles. The molecule has 8 heteroatoms. The van der Waals surface area contributed by atoms with Crippen LogP contribution in [0.25, 0.3) is 0 Å². The second-order valence-corrected chi connectivity index (χ2v) is 5.56. The average Bonchev–Trinajstić information content (AvgIpc) is 2.54. The topological polar surface area (TPSA) is 62.8 Å². The normalized spacial score (nSPS) is 16.7. The van der Waals surface area contributed by atoms with Crippen molar-refractivity contribution in [3.8, 4) is 5.75 Å². The molecule has 6 nitrogen and oxygen atoms in total. The standard InChI is InChI=1S/C16H25N3O3.2ClH/c1-19(2)8-10-22-15-6-4-3-5-13(15)11-18-16(20)14-12-21-9-7-17-14;;/h3-6,14,17H,7-12H2,1-2H3,(H,18,20);2*1H. The molecule has 0 radical (unpaired) electrons. The molecule has 2 rings (SSSR count). The second kappa shape index (κ2) is 12.3.